The first-order valence-electron chi connectivity index (χ1n) is 10.9. The summed E-state index contributed by atoms with van der Waals surface area (Å²) in [4.78, 5) is 56.0. The van der Waals surface area contributed by atoms with Gasteiger partial charge < -0.3 is 29.8 Å². The van der Waals surface area contributed by atoms with Gasteiger partial charge in [0, 0.05) is 18.4 Å². The van der Waals surface area contributed by atoms with E-state index in [-0.39, 0.29) is 5.82 Å². The fourth-order valence-electron chi connectivity index (χ4n) is 3.89. The Morgan fingerprint density at radius 3 is 2.73 bits per heavy atom. The molecule has 1 aliphatic rings. The Kier molecular flexibility index (Phi) is 8.17. The zero-order chi connectivity index (χ0) is 23.8. The average Bonchev–Trinajstić information content (AvgIpc) is 3.48. The number of likely N-dealkylation sites (tertiary alicyclic amines) is 1. The van der Waals surface area contributed by atoms with Crippen molar-refractivity contribution in [3.63, 3.8) is 0 Å². The van der Waals surface area contributed by atoms with E-state index in [4.69, 9.17) is 9.84 Å². The minimum absolute atomic E-state index is 0.159. The van der Waals surface area contributed by atoms with Crippen LogP contribution >= 0.6 is 0 Å². The van der Waals surface area contributed by atoms with Gasteiger partial charge in [-0.2, -0.15) is 0 Å². The third kappa shape index (κ3) is 6.41. The lowest BCUT2D eigenvalue weighted by Crippen LogP contribution is -2.49. The molecule has 10 heteroatoms. The van der Waals surface area contributed by atoms with Crippen LogP contribution in [0.2, 0.25) is 0 Å². The maximum atomic E-state index is 12.9. The fraction of sp³-hybridized carbons (Fsp3) is 0.435. The van der Waals surface area contributed by atoms with Crippen LogP contribution in [-0.4, -0.2) is 69.8 Å². The van der Waals surface area contributed by atoms with Crippen LogP contribution in [0.25, 0.3) is 0 Å². The van der Waals surface area contributed by atoms with Crippen LogP contribution in [0.5, 0.6) is 5.75 Å². The molecule has 0 bridgehead atoms. The number of carboxylic acid groups (broad SMARTS) is 1. The number of carbonyl (C=O) groups is 4. The normalized spacial score (nSPS) is 16.3. The standard InChI is InChI=1S/C23H28N4O6/c1-33-18-9-7-15(8-10-18)4-2-5-16-13-24-21(25-16)23(32)27-11-3-6-19(27)22(31)26-17(14-28)12-20(29)30/h7-10,13-14,17,19H,2-6,11-12H2,1H3,(H,24,25)(H,26,31)(H,29,30). The summed E-state index contributed by atoms with van der Waals surface area (Å²) in [5, 5.41) is 11.3. The third-order valence-corrected chi connectivity index (χ3v) is 5.60. The molecule has 0 radical (unpaired) electrons. The van der Waals surface area contributed by atoms with Gasteiger partial charge in [-0.05, 0) is 49.8 Å². The number of aldehydes is 1. The number of aromatic amines is 1. The molecule has 0 aliphatic carbocycles. The van der Waals surface area contributed by atoms with E-state index in [0.29, 0.717) is 32.1 Å². The number of aryl methyl sites for hydroxylation is 2. The molecule has 2 atom stereocenters. The number of aromatic nitrogens is 2. The van der Waals surface area contributed by atoms with Crippen molar-refractivity contribution < 1.29 is 29.0 Å². The molecule has 2 heterocycles. The molecule has 3 N–H and O–H groups in total. The Balaban J connectivity index is 1.55. The number of hydrogen-bond acceptors (Lipinski definition) is 6. The average molecular weight is 456 g/mol. The summed E-state index contributed by atoms with van der Waals surface area (Å²) in [5.74, 6) is -1.15. The number of carboxylic acids is 1. The summed E-state index contributed by atoms with van der Waals surface area (Å²) in [6, 6.07) is 5.98. The number of benzene rings is 1. The van der Waals surface area contributed by atoms with E-state index in [1.54, 1.807) is 13.3 Å². The molecule has 1 aromatic heterocycles. The van der Waals surface area contributed by atoms with Gasteiger partial charge in [-0.15, -0.1) is 0 Å². The van der Waals surface area contributed by atoms with E-state index in [9.17, 15) is 19.2 Å². The second-order valence-electron chi connectivity index (χ2n) is 7.96. The van der Waals surface area contributed by atoms with Crippen LogP contribution in [0.15, 0.2) is 30.5 Å². The number of H-pyrrole nitrogens is 1. The number of rotatable bonds is 11. The number of aliphatic carboxylic acids is 1. The van der Waals surface area contributed by atoms with Crippen molar-refractivity contribution in [3.8, 4) is 5.75 Å². The highest BCUT2D eigenvalue weighted by Gasteiger charge is 2.36. The molecular formula is C23H28N4O6. The lowest BCUT2D eigenvalue weighted by molar-refractivity contribution is -0.139. The highest BCUT2D eigenvalue weighted by Crippen LogP contribution is 2.20. The van der Waals surface area contributed by atoms with Gasteiger partial charge in [-0.25, -0.2) is 4.98 Å². The second-order valence-corrected chi connectivity index (χ2v) is 7.96. The molecule has 2 amide bonds. The number of methoxy groups -OCH3 is 1. The van der Waals surface area contributed by atoms with Gasteiger partial charge in [0.2, 0.25) is 5.91 Å². The van der Waals surface area contributed by atoms with Gasteiger partial charge in [0.05, 0.1) is 19.6 Å². The Morgan fingerprint density at radius 2 is 2.06 bits per heavy atom. The number of hydrogen-bond donors (Lipinski definition) is 3. The maximum Gasteiger partial charge on any atom is 0.305 e. The molecule has 1 aromatic carbocycles. The SMILES string of the molecule is COc1ccc(CCCc2cnc(C(=O)N3CCCC3C(=O)NC(C=O)CC(=O)O)[nH]2)cc1. The molecular weight excluding hydrogens is 428 g/mol. The number of amides is 2. The fourth-order valence-corrected chi connectivity index (χ4v) is 3.89. The molecule has 33 heavy (non-hydrogen) atoms. The van der Waals surface area contributed by atoms with Gasteiger partial charge >= 0.3 is 5.97 Å². The topological polar surface area (TPSA) is 142 Å². The van der Waals surface area contributed by atoms with Crippen LogP contribution in [-0.2, 0) is 27.2 Å². The second kappa shape index (κ2) is 11.3. The van der Waals surface area contributed by atoms with Gasteiger partial charge in [0.1, 0.15) is 18.1 Å². The van der Waals surface area contributed by atoms with Crippen molar-refractivity contribution in [1.29, 1.82) is 0 Å². The molecule has 0 saturated carbocycles. The van der Waals surface area contributed by atoms with Gasteiger partial charge in [-0.3, -0.25) is 14.4 Å². The van der Waals surface area contributed by atoms with Crippen LogP contribution in [0.3, 0.4) is 0 Å². The predicted octanol–water partition coefficient (Wildman–Crippen LogP) is 1.36. The molecule has 176 valence electrons. The minimum Gasteiger partial charge on any atom is -0.497 e. The highest BCUT2D eigenvalue weighted by molar-refractivity contribution is 5.96. The summed E-state index contributed by atoms with van der Waals surface area (Å²) in [7, 11) is 1.63. The third-order valence-electron chi connectivity index (χ3n) is 5.60. The molecule has 0 spiro atoms. The van der Waals surface area contributed by atoms with Crippen molar-refractivity contribution in [2.75, 3.05) is 13.7 Å². The summed E-state index contributed by atoms with van der Waals surface area (Å²) < 4.78 is 5.16. The summed E-state index contributed by atoms with van der Waals surface area (Å²) in [6.45, 7) is 0.384. The largest absolute Gasteiger partial charge is 0.497 e. The Morgan fingerprint density at radius 1 is 1.30 bits per heavy atom. The maximum absolute atomic E-state index is 12.9. The lowest BCUT2D eigenvalue weighted by Gasteiger charge is -2.24. The molecule has 2 aromatic rings. The first-order chi connectivity index (χ1) is 15.9. The van der Waals surface area contributed by atoms with Crippen molar-refractivity contribution in [3.05, 3.63) is 47.5 Å². The Hall–Kier alpha value is -3.69. The van der Waals surface area contributed by atoms with Gasteiger partial charge in [-0.1, -0.05) is 12.1 Å². The van der Waals surface area contributed by atoms with E-state index >= 15 is 0 Å². The van der Waals surface area contributed by atoms with Gasteiger partial charge in [0.25, 0.3) is 5.91 Å². The molecule has 1 aliphatic heterocycles. The minimum atomic E-state index is -1.19. The summed E-state index contributed by atoms with van der Waals surface area (Å²) >= 11 is 0. The van der Waals surface area contributed by atoms with Crippen molar-refractivity contribution in [2.24, 2.45) is 0 Å². The molecule has 3 rings (SSSR count). The van der Waals surface area contributed by atoms with Crippen LogP contribution in [0.1, 0.15) is 47.6 Å². The predicted molar refractivity (Wildman–Crippen MR) is 118 cm³/mol. The molecule has 1 fully saturated rings. The highest BCUT2D eigenvalue weighted by atomic mass is 16.5. The van der Waals surface area contributed by atoms with Crippen LogP contribution in [0, 0.1) is 0 Å². The van der Waals surface area contributed by atoms with Gasteiger partial charge in [0.15, 0.2) is 5.82 Å². The number of ether oxygens (including phenoxy) is 1. The Labute approximate surface area is 191 Å². The van der Waals surface area contributed by atoms with Crippen LogP contribution < -0.4 is 10.1 Å². The summed E-state index contributed by atoms with van der Waals surface area (Å²) in [6.07, 6.45) is 5.03. The first-order valence-corrected chi connectivity index (χ1v) is 10.9. The smallest absolute Gasteiger partial charge is 0.305 e. The number of carbonyl (C=O) groups excluding carboxylic acids is 3. The Bertz CT molecular complexity index is 987. The van der Waals surface area contributed by atoms with E-state index < -0.39 is 36.3 Å². The van der Waals surface area contributed by atoms with E-state index in [2.05, 4.69) is 15.3 Å². The number of nitrogens with zero attached hydrogens (tertiary/aromatic N) is 2. The number of nitrogens with one attached hydrogen (secondary N) is 2. The first kappa shape index (κ1) is 24.0. The quantitative estimate of drug-likeness (QED) is 0.433. The molecule has 2 unspecified atom stereocenters. The lowest BCUT2D eigenvalue weighted by atomic mass is 10.1. The summed E-state index contributed by atoms with van der Waals surface area (Å²) in [5.41, 5.74) is 2.02. The van der Waals surface area contributed by atoms with E-state index in [1.165, 1.54) is 10.5 Å². The zero-order valence-electron chi connectivity index (χ0n) is 18.5. The zero-order valence-corrected chi connectivity index (χ0v) is 18.5. The van der Waals surface area contributed by atoms with Crippen molar-refractivity contribution in [2.45, 2.75) is 50.6 Å². The van der Waals surface area contributed by atoms with Crippen molar-refractivity contribution in [1.82, 2.24) is 20.2 Å². The van der Waals surface area contributed by atoms with Crippen molar-refractivity contribution >= 4 is 24.1 Å². The number of imidazole rings is 1. The van der Waals surface area contributed by atoms with Crippen LogP contribution in [0.4, 0.5) is 0 Å². The monoisotopic (exact) mass is 456 g/mol. The molecule has 1 saturated heterocycles. The van der Waals surface area contributed by atoms with E-state index in [0.717, 1.165) is 24.3 Å². The molecule has 10 nitrogen and oxygen atoms in total. The van der Waals surface area contributed by atoms with E-state index in [1.807, 2.05) is 24.3 Å².